The first-order chi connectivity index (χ1) is 8.22. The smallest absolute Gasteiger partial charge is 0.140 e. The number of hydrogen-bond donors (Lipinski definition) is 1. The number of rotatable bonds is 2. The molecule has 18 heavy (non-hydrogen) atoms. The highest BCUT2D eigenvalue weighted by atomic mass is 35.5. The predicted molar refractivity (Wildman–Crippen MR) is 68.8 cm³/mol. The summed E-state index contributed by atoms with van der Waals surface area (Å²) in [5, 5.41) is 8.78. The monoisotopic (exact) mass is 270 g/mol. The van der Waals surface area contributed by atoms with E-state index in [0.29, 0.717) is 5.92 Å². The second kappa shape index (κ2) is 6.69. The Morgan fingerprint density at radius 2 is 2.06 bits per heavy atom. The van der Waals surface area contributed by atoms with Gasteiger partial charge in [0.15, 0.2) is 0 Å². The summed E-state index contributed by atoms with van der Waals surface area (Å²) in [5.74, 6) is -0.142. The van der Waals surface area contributed by atoms with Gasteiger partial charge in [-0.25, -0.2) is 4.39 Å². The Labute approximate surface area is 112 Å². The third-order valence-electron chi connectivity index (χ3n) is 3.27. The third kappa shape index (κ3) is 3.20. The summed E-state index contributed by atoms with van der Waals surface area (Å²) in [5.41, 5.74) is 7.04. The molecule has 1 atom stereocenters. The second-order valence-corrected chi connectivity index (χ2v) is 4.33. The lowest BCUT2D eigenvalue weighted by molar-refractivity contribution is 0.0583. The van der Waals surface area contributed by atoms with E-state index in [1.165, 1.54) is 6.07 Å². The van der Waals surface area contributed by atoms with Gasteiger partial charge in [-0.15, -0.1) is 12.4 Å². The Morgan fingerprint density at radius 1 is 1.39 bits per heavy atom. The van der Waals surface area contributed by atoms with E-state index in [4.69, 9.17) is 15.7 Å². The van der Waals surface area contributed by atoms with Gasteiger partial charge in [0, 0.05) is 19.3 Å². The first-order valence-corrected chi connectivity index (χ1v) is 5.75. The molecule has 98 valence electrons. The van der Waals surface area contributed by atoms with Crippen LogP contribution in [0, 0.1) is 23.1 Å². The van der Waals surface area contributed by atoms with Crippen molar-refractivity contribution in [2.45, 2.75) is 18.9 Å². The van der Waals surface area contributed by atoms with E-state index in [1.54, 1.807) is 12.1 Å². The number of nitrogens with two attached hydrogens (primary N) is 1. The van der Waals surface area contributed by atoms with Crippen LogP contribution in [0.15, 0.2) is 18.2 Å². The summed E-state index contributed by atoms with van der Waals surface area (Å²) in [7, 11) is 0. The van der Waals surface area contributed by atoms with Crippen molar-refractivity contribution < 1.29 is 9.13 Å². The number of nitrogens with zero attached hydrogens (tertiary/aromatic N) is 1. The van der Waals surface area contributed by atoms with Gasteiger partial charge in [0.05, 0.1) is 5.56 Å². The van der Waals surface area contributed by atoms with Crippen molar-refractivity contribution in [2.75, 3.05) is 13.2 Å². The summed E-state index contributed by atoms with van der Waals surface area (Å²) in [6.07, 6.45) is 1.83. The maximum absolute atomic E-state index is 13.2. The van der Waals surface area contributed by atoms with Crippen LogP contribution in [0.2, 0.25) is 0 Å². The molecule has 1 aromatic rings. The van der Waals surface area contributed by atoms with E-state index >= 15 is 0 Å². The summed E-state index contributed by atoms with van der Waals surface area (Å²) in [6.45, 7) is 1.45. The fourth-order valence-corrected chi connectivity index (χ4v) is 2.18. The molecule has 1 fully saturated rings. The van der Waals surface area contributed by atoms with Crippen LogP contribution in [0.4, 0.5) is 4.39 Å². The normalized spacial score (nSPS) is 17.6. The van der Waals surface area contributed by atoms with E-state index in [0.717, 1.165) is 31.6 Å². The predicted octanol–water partition coefficient (Wildman–Crippen LogP) is 2.55. The molecule has 1 saturated heterocycles. The molecule has 1 aromatic carbocycles. The second-order valence-electron chi connectivity index (χ2n) is 4.33. The van der Waals surface area contributed by atoms with Crippen LogP contribution < -0.4 is 5.73 Å². The highest BCUT2D eigenvalue weighted by Gasteiger charge is 2.22. The molecule has 1 heterocycles. The van der Waals surface area contributed by atoms with Gasteiger partial charge in [-0.2, -0.15) is 5.26 Å². The molecule has 0 amide bonds. The largest absolute Gasteiger partial charge is 0.381 e. The average Bonchev–Trinajstić information content (AvgIpc) is 2.39. The van der Waals surface area contributed by atoms with E-state index in [1.807, 2.05) is 6.07 Å². The van der Waals surface area contributed by atoms with Crippen LogP contribution in [0.3, 0.4) is 0 Å². The van der Waals surface area contributed by atoms with Gasteiger partial charge in [0.25, 0.3) is 0 Å². The number of ether oxygens (including phenoxy) is 1. The van der Waals surface area contributed by atoms with Crippen LogP contribution in [-0.4, -0.2) is 13.2 Å². The molecule has 3 nitrogen and oxygen atoms in total. The molecular weight excluding hydrogens is 255 g/mol. The van der Waals surface area contributed by atoms with Crippen LogP contribution in [-0.2, 0) is 4.74 Å². The van der Waals surface area contributed by atoms with Gasteiger partial charge in [-0.1, -0.05) is 6.07 Å². The lowest BCUT2D eigenvalue weighted by Gasteiger charge is -2.27. The van der Waals surface area contributed by atoms with Crippen molar-refractivity contribution in [3.63, 3.8) is 0 Å². The number of hydrogen-bond acceptors (Lipinski definition) is 3. The first-order valence-electron chi connectivity index (χ1n) is 5.75. The van der Waals surface area contributed by atoms with Crippen LogP contribution in [0.1, 0.15) is 30.0 Å². The molecule has 1 aliphatic heterocycles. The number of halogens is 2. The van der Waals surface area contributed by atoms with Gasteiger partial charge >= 0.3 is 0 Å². The topological polar surface area (TPSA) is 59.0 Å². The minimum Gasteiger partial charge on any atom is -0.381 e. The highest BCUT2D eigenvalue weighted by molar-refractivity contribution is 5.85. The standard InChI is InChI=1S/C13H15FN2O.ClH/c14-12-2-1-10(7-11(12)8-15)13(16)9-3-5-17-6-4-9;/h1-2,7,9,13H,3-6,16H2;1H/t13-;/m1./s1. The number of nitriles is 1. The Kier molecular flexibility index (Phi) is 5.54. The van der Waals surface area contributed by atoms with Gasteiger partial charge in [0.1, 0.15) is 11.9 Å². The molecule has 0 unspecified atom stereocenters. The maximum Gasteiger partial charge on any atom is 0.140 e. The summed E-state index contributed by atoms with van der Waals surface area (Å²) >= 11 is 0. The van der Waals surface area contributed by atoms with Crippen molar-refractivity contribution in [3.8, 4) is 6.07 Å². The zero-order valence-corrected chi connectivity index (χ0v) is 10.8. The molecule has 2 rings (SSSR count). The summed E-state index contributed by atoms with van der Waals surface area (Å²) < 4.78 is 18.5. The average molecular weight is 271 g/mol. The van der Waals surface area contributed by atoms with Crippen molar-refractivity contribution in [3.05, 3.63) is 35.1 Å². The van der Waals surface area contributed by atoms with Crippen LogP contribution in [0.5, 0.6) is 0 Å². The molecule has 0 spiro atoms. The fraction of sp³-hybridized carbons (Fsp3) is 0.462. The third-order valence-corrected chi connectivity index (χ3v) is 3.27. The number of benzene rings is 1. The van der Waals surface area contributed by atoms with Gasteiger partial charge < -0.3 is 10.5 Å². The highest BCUT2D eigenvalue weighted by Crippen LogP contribution is 2.28. The molecule has 5 heteroatoms. The Morgan fingerprint density at radius 3 is 2.67 bits per heavy atom. The first kappa shape index (κ1) is 14.9. The van der Waals surface area contributed by atoms with E-state index < -0.39 is 5.82 Å². The van der Waals surface area contributed by atoms with Gasteiger partial charge in [-0.05, 0) is 36.5 Å². The minimum atomic E-state index is -0.490. The molecule has 0 aliphatic carbocycles. The quantitative estimate of drug-likeness (QED) is 0.898. The van der Waals surface area contributed by atoms with Gasteiger partial charge in [-0.3, -0.25) is 0 Å². The minimum absolute atomic E-state index is 0. The van der Waals surface area contributed by atoms with Crippen molar-refractivity contribution in [1.82, 2.24) is 0 Å². The Balaban J connectivity index is 0.00000162. The fourth-order valence-electron chi connectivity index (χ4n) is 2.18. The SMILES string of the molecule is Cl.N#Cc1cc([C@H](N)C2CCOCC2)ccc1F. The lowest BCUT2D eigenvalue weighted by atomic mass is 9.87. The molecule has 0 bridgehead atoms. The van der Waals surface area contributed by atoms with E-state index in [-0.39, 0.29) is 24.0 Å². The van der Waals surface area contributed by atoms with Crippen molar-refractivity contribution in [1.29, 1.82) is 5.26 Å². The molecule has 0 radical (unpaired) electrons. The summed E-state index contributed by atoms with van der Waals surface area (Å²) in [6, 6.07) is 6.22. The van der Waals surface area contributed by atoms with Crippen molar-refractivity contribution >= 4 is 12.4 Å². The summed E-state index contributed by atoms with van der Waals surface area (Å²) in [4.78, 5) is 0. The van der Waals surface area contributed by atoms with Crippen LogP contribution >= 0.6 is 12.4 Å². The van der Waals surface area contributed by atoms with Gasteiger partial charge in [0.2, 0.25) is 0 Å². The molecule has 1 aliphatic rings. The maximum atomic E-state index is 13.2. The molecule has 0 aromatic heterocycles. The zero-order valence-electron chi connectivity index (χ0n) is 9.93. The van der Waals surface area contributed by atoms with E-state index in [9.17, 15) is 4.39 Å². The van der Waals surface area contributed by atoms with E-state index in [2.05, 4.69) is 0 Å². The Hall–Kier alpha value is -1.15. The van der Waals surface area contributed by atoms with Crippen molar-refractivity contribution in [2.24, 2.45) is 11.7 Å². The molecule has 2 N–H and O–H groups in total. The zero-order chi connectivity index (χ0) is 12.3. The lowest BCUT2D eigenvalue weighted by Crippen LogP contribution is -2.27. The van der Waals surface area contributed by atoms with Crippen LogP contribution in [0.25, 0.3) is 0 Å². The molecular formula is C13H16ClFN2O. The molecule has 0 saturated carbocycles. The Bertz CT molecular complexity index is 441.